The molecule has 0 unspecified atom stereocenters. The summed E-state index contributed by atoms with van der Waals surface area (Å²) in [6.45, 7) is 14.8. The summed E-state index contributed by atoms with van der Waals surface area (Å²) in [5, 5.41) is 2.51. The molecule has 0 atom stereocenters. The molecule has 0 bridgehead atoms. The summed E-state index contributed by atoms with van der Waals surface area (Å²) >= 11 is 0. The van der Waals surface area contributed by atoms with Gasteiger partial charge in [0.05, 0.1) is 33.8 Å². The van der Waals surface area contributed by atoms with E-state index in [0.29, 0.717) is 0 Å². The van der Waals surface area contributed by atoms with Gasteiger partial charge in [0.2, 0.25) is 0 Å². The lowest BCUT2D eigenvalue weighted by atomic mass is 10.0. The maximum atomic E-state index is 2.49. The average Bonchev–Trinajstić information content (AvgIpc) is 3.84. The minimum atomic E-state index is 0.746. The fourth-order valence-corrected chi connectivity index (χ4v) is 9.65. The van der Waals surface area contributed by atoms with Gasteiger partial charge >= 0.3 is 0 Å². The van der Waals surface area contributed by atoms with E-state index in [-0.39, 0.29) is 0 Å². The fourth-order valence-electron chi connectivity index (χ4n) is 9.65. The van der Waals surface area contributed by atoms with Gasteiger partial charge in [-0.3, -0.25) is 0 Å². The van der Waals surface area contributed by atoms with Gasteiger partial charge in [-0.1, -0.05) is 90.0 Å². The number of aromatic nitrogens is 1. The number of aryl methyl sites for hydroxylation is 6. The van der Waals surface area contributed by atoms with E-state index in [0.717, 1.165) is 19.0 Å². The van der Waals surface area contributed by atoms with Crippen molar-refractivity contribution in [3.8, 4) is 5.69 Å². The first-order chi connectivity index (χ1) is 26.7. The monoisotopic (exact) mass is 715 g/mol. The zero-order chi connectivity index (χ0) is 37.5. The number of fused-ring (bicyclic) bond motifs is 5. The number of anilines is 8. The molecule has 8 aromatic rings. The first-order valence-electron chi connectivity index (χ1n) is 19.3. The van der Waals surface area contributed by atoms with Gasteiger partial charge in [0.15, 0.2) is 0 Å². The van der Waals surface area contributed by atoms with Crippen LogP contribution in [0.3, 0.4) is 0 Å². The van der Waals surface area contributed by atoms with E-state index in [1.165, 1.54) is 101 Å². The number of benzene rings is 7. The van der Waals surface area contributed by atoms with E-state index in [1.54, 1.807) is 0 Å². The molecular weight excluding hydrogens is 671 g/mol. The minimum absolute atomic E-state index is 0.746. The molecular formula is C50H45N5. The van der Waals surface area contributed by atoms with E-state index in [9.17, 15) is 0 Å². The molecule has 2 aliphatic rings. The summed E-state index contributed by atoms with van der Waals surface area (Å²) in [5.74, 6) is 0. The number of para-hydroxylation sites is 5. The van der Waals surface area contributed by atoms with Crippen molar-refractivity contribution in [1.29, 1.82) is 0 Å². The Balaban J connectivity index is 1.09. The lowest BCUT2D eigenvalue weighted by Crippen LogP contribution is -2.25. The van der Waals surface area contributed by atoms with Crippen LogP contribution in [0.2, 0.25) is 0 Å². The third-order valence-electron chi connectivity index (χ3n) is 11.7. The first-order valence-corrected chi connectivity index (χ1v) is 19.3. The van der Waals surface area contributed by atoms with Crippen molar-refractivity contribution in [2.24, 2.45) is 0 Å². The van der Waals surface area contributed by atoms with E-state index >= 15 is 0 Å². The van der Waals surface area contributed by atoms with Crippen LogP contribution < -0.4 is 19.6 Å². The van der Waals surface area contributed by atoms with Gasteiger partial charge in [-0.15, -0.1) is 0 Å². The van der Waals surface area contributed by atoms with Crippen molar-refractivity contribution in [2.45, 2.75) is 41.5 Å². The third kappa shape index (κ3) is 5.21. The normalized spacial score (nSPS) is 13.7. The third-order valence-corrected chi connectivity index (χ3v) is 11.7. The highest BCUT2D eigenvalue weighted by Crippen LogP contribution is 2.49. The summed E-state index contributed by atoms with van der Waals surface area (Å²) in [5.41, 5.74) is 21.2. The Kier molecular flexibility index (Phi) is 7.57. The largest absolute Gasteiger partial charge is 0.321 e. The van der Waals surface area contributed by atoms with Gasteiger partial charge < -0.3 is 24.2 Å². The second-order valence-electron chi connectivity index (χ2n) is 15.5. The smallest absolute Gasteiger partial charge is 0.100 e. The average molecular weight is 716 g/mol. The van der Waals surface area contributed by atoms with Crippen LogP contribution in [0.4, 0.5) is 45.5 Å². The minimum Gasteiger partial charge on any atom is -0.321 e. The predicted molar refractivity (Wildman–Crippen MR) is 233 cm³/mol. The Bertz CT molecular complexity index is 2780. The van der Waals surface area contributed by atoms with Crippen LogP contribution in [0.5, 0.6) is 0 Å². The first kappa shape index (κ1) is 33.1. The molecule has 0 saturated heterocycles. The van der Waals surface area contributed by atoms with E-state index in [4.69, 9.17) is 0 Å². The highest BCUT2D eigenvalue weighted by molar-refractivity contribution is 6.10. The lowest BCUT2D eigenvalue weighted by molar-refractivity contribution is 0.976. The standard InChI is InChI=1S/C50H45N5/c1-32-24-34(3)49(35(4)25-32)53-30-51(44-18-9-11-20-46(44)53)38-14-13-15-40(28-38)55-43-17-8-7-16-41(43)42-23-22-39(29-48(42)55)52-31-54(47-21-12-10-19-45(47)52)50-36(5)26-33(2)27-37(50)6/h7-29H,30-31H2,1-6H3. The highest BCUT2D eigenvalue weighted by Gasteiger charge is 2.32. The molecule has 0 spiro atoms. The van der Waals surface area contributed by atoms with E-state index < -0.39 is 0 Å². The van der Waals surface area contributed by atoms with Gasteiger partial charge in [-0.25, -0.2) is 0 Å². The lowest BCUT2D eigenvalue weighted by Gasteiger charge is -2.26. The Morgan fingerprint density at radius 1 is 0.345 bits per heavy atom. The van der Waals surface area contributed by atoms with Crippen molar-refractivity contribution in [3.05, 3.63) is 173 Å². The van der Waals surface area contributed by atoms with Crippen LogP contribution in [-0.2, 0) is 0 Å². The number of nitrogens with zero attached hydrogens (tertiary/aromatic N) is 5. The van der Waals surface area contributed by atoms with Crippen LogP contribution in [0.25, 0.3) is 27.5 Å². The summed E-state index contributed by atoms with van der Waals surface area (Å²) in [7, 11) is 0. The molecule has 0 amide bonds. The van der Waals surface area contributed by atoms with E-state index in [1.807, 2.05) is 0 Å². The summed E-state index contributed by atoms with van der Waals surface area (Å²) < 4.78 is 2.46. The molecule has 5 nitrogen and oxygen atoms in total. The molecule has 3 heterocycles. The Morgan fingerprint density at radius 2 is 0.782 bits per heavy atom. The van der Waals surface area contributed by atoms with Crippen LogP contribution in [0.15, 0.2) is 140 Å². The fraction of sp³-hybridized carbons (Fsp3) is 0.160. The predicted octanol–water partition coefficient (Wildman–Crippen LogP) is 13.1. The Hall–Kier alpha value is -6.46. The van der Waals surface area contributed by atoms with Crippen LogP contribution in [0, 0.1) is 41.5 Å². The quantitative estimate of drug-likeness (QED) is 0.176. The van der Waals surface area contributed by atoms with Gasteiger partial charge in [0.1, 0.15) is 13.3 Å². The molecule has 270 valence electrons. The Labute approximate surface area is 323 Å². The van der Waals surface area contributed by atoms with Crippen molar-refractivity contribution >= 4 is 67.3 Å². The van der Waals surface area contributed by atoms with Crippen molar-refractivity contribution in [2.75, 3.05) is 32.9 Å². The Morgan fingerprint density at radius 3 is 1.33 bits per heavy atom. The van der Waals surface area contributed by atoms with Crippen LogP contribution in [-0.4, -0.2) is 17.9 Å². The molecule has 1 aromatic heterocycles. The molecule has 55 heavy (non-hydrogen) atoms. The van der Waals surface area contributed by atoms with Crippen LogP contribution >= 0.6 is 0 Å². The van der Waals surface area contributed by atoms with Crippen molar-refractivity contribution in [1.82, 2.24) is 4.57 Å². The molecule has 0 radical (unpaired) electrons. The molecule has 10 rings (SSSR count). The summed E-state index contributed by atoms with van der Waals surface area (Å²) in [4.78, 5) is 9.90. The van der Waals surface area contributed by atoms with Crippen molar-refractivity contribution < 1.29 is 0 Å². The second-order valence-corrected chi connectivity index (χ2v) is 15.5. The van der Waals surface area contributed by atoms with Gasteiger partial charge in [0, 0.05) is 39.2 Å². The number of rotatable bonds is 5. The molecule has 5 heteroatoms. The zero-order valence-electron chi connectivity index (χ0n) is 32.4. The number of hydrogen-bond acceptors (Lipinski definition) is 4. The van der Waals surface area contributed by atoms with Crippen LogP contribution in [0.1, 0.15) is 33.4 Å². The maximum Gasteiger partial charge on any atom is 0.100 e. The van der Waals surface area contributed by atoms with Crippen molar-refractivity contribution in [3.63, 3.8) is 0 Å². The molecule has 7 aromatic carbocycles. The van der Waals surface area contributed by atoms with Gasteiger partial charge in [-0.2, -0.15) is 0 Å². The number of hydrogen-bond donors (Lipinski definition) is 0. The highest BCUT2D eigenvalue weighted by atomic mass is 15.4. The summed E-state index contributed by atoms with van der Waals surface area (Å²) in [6.07, 6.45) is 0. The topological polar surface area (TPSA) is 17.9 Å². The SMILES string of the molecule is Cc1cc(C)c(N2CN(c3cccc(-n4c5ccccc5c5ccc(N6CN(c7c(C)cc(C)cc7C)c7ccccc76)cc54)c3)c3ccccc32)c(C)c1. The van der Waals surface area contributed by atoms with E-state index in [2.05, 4.69) is 205 Å². The molecule has 0 fully saturated rings. The molecule has 0 aliphatic carbocycles. The molecule has 0 saturated carbocycles. The van der Waals surface area contributed by atoms with Gasteiger partial charge in [-0.05, 0) is 124 Å². The van der Waals surface area contributed by atoms with Gasteiger partial charge in [0.25, 0.3) is 0 Å². The molecule has 0 N–H and O–H groups in total. The zero-order valence-corrected chi connectivity index (χ0v) is 32.4. The summed E-state index contributed by atoms with van der Waals surface area (Å²) in [6, 6.07) is 51.8. The maximum absolute atomic E-state index is 2.49. The second kappa shape index (κ2) is 12.6. The molecule has 2 aliphatic heterocycles.